The summed E-state index contributed by atoms with van der Waals surface area (Å²) in [4.78, 5) is 27.9. The Hall–Kier alpha value is -3.30. The fraction of sp³-hybridized carbons (Fsp3) is 0.300. The van der Waals surface area contributed by atoms with E-state index in [2.05, 4.69) is 5.32 Å². The van der Waals surface area contributed by atoms with Gasteiger partial charge in [-0.05, 0) is 36.4 Å². The molecule has 1 aliphatic rings. The van der Waals surface area contributed by atoms with Crippen LogP contribution >= 0.6 is 0 Å². The molecule has 0 aromatic heterocycles. The topological polar surface area (TPSA) is 61.9 Å². The summed E-state index contributed by atoms with van der Waals surface area (Å²) in [5.41, 5.74) is -1.03. The maximum Gasteiger partial charge on any atom is 0.416 e. The van der Waals surface area contributed by atoms with Crippen LogP contribution in [0.2, 0.25) is 0 Å². The van der Waals surface area contributed by atoms with Crippen molar-refractivity contribution >= 4 is 17.6 Å². The summed E-state index contributed by atoms with van der Waals surface area (Å²) in [6.07, 6.45) is -4.73. The van der Waals surface area contributed by atoms with Gasteiger partial charge >= 0.3 is 12.2 Å². The number of amides is 3. The number of piperazine rings is 1. The molecule has 0 bridgehead atoms. The molecule has 0 spiro atoms. The maximum absolute atomic E-state index is 13.5. The zero-order chi connectivity index (χ0) is 21.9. The normalized spacial score (nSPS) is 14.4. The van der Waals surface area contributed by atoms with Crippen LogP contribution in [0.4, 0.5) is 28.0 Å². The molecule has 0 unspecified atom stereocenters. The molecular formula is C20H19F4N3O3. The number of ether oxygens (including phenoxy) is 1. The molecule has 3 amide bonds. The number of halogens is 4. The molecule has 30 heavy (non-hydrogen) atoms. The first-order valence-corrected chi connectivity index (χ1v) is 9.04. The van der Waals surface area contributed by atoms with Gasteiger partial charge in [0, 0.05) is 37.4 Å². The smallest absolute Gasteiger partial charge is 0.416 e. The van der Waals surface area contributed by atoms with Crippen molar-refractivity contribution in [3.8, 4) is 5.75 Å². The molecular weight excluding hydrogens is 406 g/mol. The number of hydrogen-bond donors (Lipinski definition) is 1. The van der Waals surface area contributed by atoms with Crippen molar-refractivity contribution in [2.24, 2.45) is 0 Å². The van der Waals surface area contributed by atoms with Crippen LogP contribution in [0.1, 0.15) is 15.9 Å². The van der Waals surface area contributed by atoms with Crippen LogP contribution in [-0.2, 0) is 6.18 Å². The number of carbonyl (C=O) groups is 2. The van der Waals surface area contributed by atoms with Crippen LogP contribution in [0.5, 0.6) is 5.75 Å². The summed E-state index contributed by atoms with van der Waals surface area (Å²) in [5, 5.41) is 2.28. The van der Waals surface area contributed by atoms with E-state index in [4.69, 9.17) is 4.74 Å². The molecule has 1 saturated heterocycles. The second-order valence-electron chi connectivity index (χ2n) is 6.67. The van der Waals surface area contributed by atoms with E-state index in [1.165, 1.54) is 12.0 Å². The average Bonchev–Trinajstić information content (AvgIpc) is 2.72. The van der Waals surface area contributed by atoms with Gasteiger partial charge in [0.15, 0.2) is 0 Å². The average molecular weight is 425 g/mol. The highest BCUT2D eigenvalue weighted by molar-refractivity contribution is 5.95. The van der Waals surface area contributed by atoms with Gasteiger partial charge in [0.2, 0.25) is 0 Å². The van der Waals surface area contributed by atoms with E-state index in [1.807, 2.05) is 0 Å². The number of hydrogen-bond acceptors (Lipinski definition) is 3. The molecule has 2 aromatic rings. The highest BCUT2D eigenvalue weighted by Crippen LogP contribution is 2.31. The third-order valence-electron chi connectivity index (χ3n) is 4.65. The lowest BCUT2D eigenvalue weighted by Gasteiger charge is -2.34. The zero-order valence-corrected chi connectivity index (χ0v) is 16.0. The fourth-order valence-electron chi connectivity index (χ4n) is 3.08. The summed E-state index contributed by atoms with van der Waals surface area (Å²) in [7, 11) is 1.50. The molecule has 3 rings (SSSR count). The monoisotopic (exact) mass is 425 g/mol. The quantitative estimate of drug-likeness (QED) is 0.761. The zero-order valence-electron chi connectivity index (χ0n) is 16.0. The lowest BCUT2D eigenvalue weighted by Crippen LogP contribution is -2.51. The Morgan fingerprint density at radius 1 is 1.00 bits per heavy atom. The maximum atomic E-state index is 13.5. The molecule has 160 valence electrons. The minimum atomic E-state index is -4.73. The van der Waals surface area contributed by atoms with Gasteiger partial charge < -0.3 is 19.9 Å². The molecule has 10 heteroatoms. The number of nitrogens with one attached hydrogen (secondary N) is 1. The van der Waals surface area contributed by atoms with Crippen LogP contribution in [0, 0.1) is 5.82 Å². The summed E-state index contributed by atoms with van der Waals surface area (Å²) in [5.74, 6) is -0.769. The molecule has 0 radical (unpaired) electrons. The van der Waals surface area contributed by atoms with E-state index < -0.39 is 23.6 Å². The third-order valence-corrected chi connectivity index (χ3v) is 4.65. The van der Waals surface area contributed by atoms with Gasteiger partial charge in [0.25, 0.3) is 5.91 Å². The van der Waals surface area contributed by atoms with Crippen molar-refractivity contribution in [3.05, 3.63) is 59.4 Å². The Bertz CT molecular complexity index is 941. The second-order valence-corrected chi connectivity index (χ2v) is 6.67. The SMILES string of the molecule is COc1cccc(C(=O)N2CCN(C(=O)Nc3cc(F)cc(C(F)(F)F)c3)CC2)c1. The van der Waals surface area contributed by atoms with Gasteiger partial charge in [0.1, 0.15) is 11.6 Å². The lowest BCUT2D eigenvalue weighted by molar-refractivity contribution is -0.137. The summed E-state index contributed by atoms with van der Waals surface area (Å²) in [6.45, 7) is 0.868. The number of rotatable bonds is 3. The summed E-state index contributed by atoms with van der Waals surface area (Å²) >= 11 is 0. The molecule has 0 atom stereocenters. The van der Waals surface area contributed by atoms with Gasteiger partial charge in [-0.1, -0.05) is 6.07 Å². The Morgan fingerprint density at radius 3 is 2.30 bits per heavy atom. The van der Waals surface area contributed by atoms with Crippen LogP contribution in [0.3, 0.4) is 0 Å². The van der Waals surface area contributed by atoms with Crippen molar-refractivity contribution < 1.29 is 31.9 Å². The number of carbonyl (C=O) groups excluding carboxylic acids is 2. The standard InChI is InChI=1S/C20H19F4N3O3/c1-30-17-4-2-3-13(9-17)18(28)26-5-7-27(8-6-26)19(29)25-16-11-14(20(22,23)24)10-15(21)12-16/h2-4,9-12H,5-8H2,1H3,(H,25,29). The first kappa shape index (κ1) is 21.4. The number of benzene rings is 2. The van der Waals surface area contributed by atoms with Gasteiger partial charge in [0.05, 0.1) is 12.7 Å². The van der Waals surface area contributed by atoms with Gasteiger partial charge in [-0.15, -0.1) is 0 Å². The van der Waals surface area contributed by atoms with E-state index in [-0.39, 0.29) is 37.8 Å². The molecule has 1 fully saturated rings. The Labute approximate surface area is 170 Å². The summed E-state index contributed by atoms with van der Waals surface area (Å²) < 4.78 is 57.0. The predicted molar refractivity (Wildman–Crippen MR) is 101 cm³/mol. The van der Waals surface area contributed by atoms with E-state index in [1.54, 1.807) is 29.2 Å². The fourth-order valence-corrected chi connectivity index (χ4v) is 3.08. The van der Waals surface area contributed by atoms with Crippen LogP contribution < -0.4 is 10.1 Å². The van der Waals surface area contributed by atoms with Crippen molar-refractivity contribution in [3.63, 3.8) is 0 Å². The number of nitrogens with zero attached hydrogens (tertiary/aromatic N) is 2. The lowest BCUT2D eigenvalue weighted by atomic mass is 10.1. The number of methoxy groups -OCH3 is 1. The number of alkyl halides is 3. The highest BCUT2D eigenvalue weighted by Gasteiger charge is 2.32. The molecule has 0 aliphatic carbocycles. The molecule has 1 N–H and O–H groups in total. The number of urea groups is 1. The largest absolute Gasteiger partial charge is 0.497 e. The van der Waals surface area contributed by atoms with Crippen LogP contribution in [0.25, 0.3) is 0 Å². The van der Waals surface area contributed by atoms with Crippen molar-refractivity contribution in [1.29, 1.82) is 0 Å². The highest BCUT2D eigenvalue weighted by atomic mass is 19.4. The molecule has 2 aromatic carbocycles. The minimum absolute atomic E-state index is 0.184. The molecule has 0 saturated carbocycles. The first-order valence-electron chi connectivity index (χ1n) is 9.04. The van der Waals surface area contributed by atoms with Crippen LogP contribution in [0.15, 0.2) is 42.5 Å². The molecule has 6 nitrogen and oxygen atoms in total. The third kappa shape index (κ3) is 5.00. The molecule has 1 aliphatic heterocycles. The Morgan fingerprint density at radius 2 is 1.67 bits per heavy atom. The van der Waals surface area contributed by atoms with Gasteiger partial charge in [-0.3, -0.25) is 4.79 Å². The minimum Gasteiger partial charge on any atom is -0.497 e. The summed E-state index contributed by atoms with van der Waals surface area (Å²) in [6, 6.07) is 7.87. The Kier molecular flexibility index (Phi) is 6.14. The first-order chi connectivity index (χ1) is 14.2. The van der Waals surface area contributed by atoms with Crippen LogP contribution in [-0.4, -0.2) is 55.0 Å². The molecule has 1 heterocycles. The predicted octanol–water partition coefficient (Wildman–Crippen LogP) is 3.84. The van der Waals surface area contributed by atoms with Gasteiger partial charge in [-0.25, -0.2) is 9.18 Å². The number of anilines is 1. The van der Waals surface area contributed by atoms with Gasteiger partial charge in [-0.2, -0.15) is 13.2 Å². The Balaban J connectivity index is 1.60. The van der Waals surface area contributed by atoms with Crippen molar-refractivity contribution in [2.45, 2.75) is 6.18 Å². The van der Waals surface area contributed by atoms with E-state index >= 15 is 0 Å². The van der Waals surface area contributed by atoms with E-state index in [0.717, 1.165) is 6.07 Å². The second kappa shape index (κ2) is 8.60. The van der Waals surface area contributed by atoms with Crippen molar-refractivity contribution in [2.75, 3.05) is 38.6 Å². The van der Waals surface area contributed by atoms with Crippen molar-refractivity contribution in [1.82, 2.24) is 9.80 Å². The van der Waals surface area contributed by atoms with E-state index in [9.17, 15) is 27.2 Å². The van der Waals surface area contributed by atoms with E-state index in [0.29, 0.717) is 23.4 Å².